The zero-order valence-electron chi connectivity index (χ0n) is 33.6. The average molecular weight is 789 g/mol. The highest BCUT2D eigenvalue weighted by Gasteiger charge is 2.20. The predicted molar refractivity (Wildman–Crippen MR) is 260 cm³/mol. The summed E-state index contributed by atoms with van der Waals surface area (Å²) in [5.41, 5.74) is 11.9. The molecule has 0 fully saturated rings. The normalized spacial score (nSPS) is 11.9. The summed E-state index contributed by atoms with van der Waals surface area (Å²) in [4.78, 5) is 10.6. The number of rotatable bonds is 5. The molecule has 0 saturated heterocycles. The van der Waals surface area contributed by atoms with Gasteiger partial charge in [-0.3, -0.25) is 0 Å². The molecule has 0 aliphatic carbocycles. The molecule has 62 heavy (non-hydrogen) atoms. The number of hydrogen-bond acceptors (Lipinski definition) is 2. The second-order valence-corrected chi connectivity index (χ2v) is 16.2. The zero-order chi connectivity index (χ0) is 40.7. The zero-order valence-corrected chi connectivity index (χ0v) is 33.6. The van der Waals surface area contributed by atoms with E-state index in [1.807, 2.05) is 0 Å². The fourth-order valence-corrected chi connectivity index (χ4v) is 9.79. The van der Waals surface area contributed by atoms with E-state index in [0.29, 0.717) is 5.82 Å². The minimum absolute atomic E-state index is 0.690. The molecule has 0 saturated carbocycles. The van der Waals surface area contributed by atoms with Gasteiger partial charge in [-0.25, -0.2) is 9.97 Å². The molecule has 0 bridgehead atoms. The molecule has 4 heteroatoms. The maximum atomic E-state index is 5.29. The molecular formula is C58H36N4. The van der Waals surface area contributed by atoms with E-state index in [2.05, 4.69) is 228 Å². The summed E-state index contributed by atoms with van der Waals surface area (Å²) < 4.78 is 4.86. The van der Waals surface area contributed by atoms with Gasteiger partial charge in [0.05, 0.1) is 39.1 Å². The lowest BCUT2D eigenvalue weighted by atomic mass is 9.99. The van der Waals surface area contributed by atoms with Crippen LogP contribution >= 0.6 is 0 Å². The van der Waals surface area contributed by atoms with Crippen LogP contribution in [0.3, 0.4) is 0 Å². The van der Waals surface area contributed by atoms with E-state index in [0.717, 1.165) is 39.3 Å². The minimum atomic E-state index is 0.690. The molecule has 4 nitrogen and oxygen atoms in total. The molecule has 0 aliphatic rings. The van der Waals surface area contributed by atoms with E-state index >= 15 is 0 Å². The van der Waals surface area contributed by atoms with Crippen molar-refractivity contribution in [1.29, 1.82) is 0 Å². The fourth-order valence-electron chi connectivity index (χ4n) is 9.79. The van der Waals surface area contributed by atoms with Crippen molar-refractivity contribution in [3.05, 3.63) is 218 Å². The first-order valence-corrected chi connectivity index (χ1v) is 21.2. The molecule has 0 atom stereocenters. The van der Waals surface area contributed by atoms with Gasteiger partial charge in [-0.05, 0) is 93.7 Å². The Morgan fingerprint density at radius 2 is 0.823 bits per heavy atom. The standard InChI is InChI=1S/C58H36N4/c1-2-16-41-33-42(28-27-37(41)13-1)51-36-52(46-23-11-17-38-14-3-5-19-44(38)46)60-58(59-51)40-29-31-43(32-30-40)61-54-24-9-7-21-47(54)49-35-57-50(34-56(49)61)48-22-8-10-25-55(48)62(57)53-26-12-18-39-15-4-6-20-45(39)53/h1-36H. The van der Waals surface area contributed by atoms with Crippen molar-refractivity contribution in [3.8, 4) is 45.3 Å². The lowest BCUT2D eigenvalue weighted by molar-refractivity contribution is 1.16. The van der Waals surface area contributed by atoms with Gasteiger partial charge in [-0.15, -0.1) is 0 Å². The van der Waals surface area contributed by atoms with Crippen LogP contribution in [0.15, 0.2) is 218 Å². The molecule has 13 aromatic rings. The summed E-state index contributed by atoms with van der Waals surface area (Å²) in [5, 5.41) is 12.1. The molecule has 288 valence electrons. The van der Waals surface area contributed by atoms with Crippen molar-refractivity contribution < 1.29 is 0 Å². The summed E-state index contributed by atoms with van der Waals surface area (Å²) in [6.07, 6.45) is 0. The van der Waals surface area contributed by atoms with Gasteiger partial charge in [0, 0.05) is 49.3 Å². The Labute approximate surface area is 357 Å². The van der Waals surface area contributed by atoms with Crippen LogP contribution in [0.1, 0.15) is 0 Å². The predicted octanol–water partition coefficient (Wildman–Crippen LogP) is 15.1. The van der Waals surface area contributed by atoms with Crippen LogP contribution in [-0.2, 0) is 0 Å². The SMILES string of the molecule is c1ccc2cc(-c3cc(-c4cccc5ccccc45)nc(-c4ccc(-n5c6ccccc6c6cc7c(cc65)c5ccccc5n7-c5cccc6ccccc56)cc4)n3)ccc2c1. The van der Waals surface area contributed by atoms with Gasteiger partial charge in [0.2, 0.25) is 0 Å². The Hall–Kier alpha value is -8.34. The first-order valence-electron chi connectivity index (χ1n) is 21.2. The van der Waals surface area contributed by atoms with Crippen LogP contribution in [0.25, 0.3) is 121 Å². The monoisotopic (exact) mass is 788 g/mol. The lowest BCUT2D eigenvalue weighted by Gasteiger charge is -2.13. The van der Waals surface area contributed by atoms with Crippen LogP contribution in [0.5, 0.6) is 0 Å². The number of benzene rings is 10. The molecule has 0 unspecified atom stereocenters. The number of aromatic nitrogens is 4. The van der Waals surface area contributed by atoms with Gasteiger partial charge in [0.1, 0.15) is 0 Å². The van der Waals surface area contributed by atoms with Crippen LogP contribution in [-0.4, -0.2) is 19.1 Å². The lowest BCUT2D eigenvalue weighted by Crippen LogP contribution is -1.98. The topological polar surface area (TPSA) is 35.6 Å². The van der Waals surface area contributed by atoms with Crippen LogP contribution in [0, 0.1) is 0 Å². The Morgan fingerprint density at radius 1 is 0.290 bits per heavy atom. The molecule has 13 rings (SSSR count). The van der Waals surface area contributed by atoms with Crippen molar-refractivity contribution in [2.45, 2.75) is 0 Å². The van der Waals surface area contributed by atoms with E-state index in [1.165, 1.54) is 76.1 Å². The second-order valence-electron chi connectivity index (χ2n) is 16.2. The first-order chi connectivity index (χ1) is 30.7. The maximum Gasteiger partial charge on any atom is 0.160 e. The Kier molecular flexibility index (Phi) is 7.57. The molecule has 3 heterocycles. The molecule has 0 amide bonds. The summed E-state index contributed by atoms with van der Waals surface area (Å²) in [6.45, 7) is 0. The van der Waals surface area contributed by atoms with Gasteiger partial charge in [0.25, 0.3) is 0 Å². The van der Waals surface area contributed by atoms with Gasteiger partial charge in [-0.2, -0.15) is 0 Å². The van der Waals surface area contributed by atoms with Gasteiger partial charge in [-0.1, -0.05) is 152 Å². The summed E-state index contributed by atoms with van der Waals surface area (Å²) in [6, 6.07) is 78.6. The minimum Gasteiger partial charge on any atom is -0.309 e. The van der Waals surface area contributed by atoms with Crippen molar-refractivity contribution in [3.63, 3.8) is 0 Å². The number of hydrogen-bond donors (Lipinski definition) is 0. The highest BCUT2D eigenvalue weighted by molar-refractivity contribution is 6.19. The maximum absolute atomic E-state index is 5.29. The Morgan fingerprint density at radius 3 is 1.56 bits per heavy atom. The third-order valence-corrected chi connectivity index (χ3v) is 12.7. The third-order valence-electron chi connectivity index (χ3n) is 12.7. The highest BCUT2D eigenvalue weighted by Crippen LogP contribution is 2.41. The van der Waals surface area contributed by atoms with E-state index in [4.69, 9.17) is 9.97 Å². The molecule has 3 aromatic heterocycles. The third kappa shape index (κ3) is 5.33. The fraction of sp³-hybridized carbons (Fsp3) is 0. The van der Waals surface area contributed by atoms with E-state index in [9.17, 15) is 0 Å². The quantitative estimate of drug-likeness (QED) is 0.174. The van der Waals surface area contributed by atoms with E-state index in [-0.39, 0.29) is 0 Å². The number of para-hydroxylation sites is 2. The molecule has 10 aromatic carbocycles. The smallest absolute Gasteiger partial charge is 0.160 e. The van der Waals surface area contributed by atoms with Crippen molar-refractivity contribution in [2.75, 3.05) is 0 Å². The van der Waals surface area contributed by atoms with Crippen molar-refractivity contribution >= 4 is 75.9 Å². The molecule has 0 radical (unpaired) electrons. The number of fused-ring (bicyclic) bond motifs is 9. The van der Waals surface area contributed by atoms with E-state index < -0.39 is 0 Å². The Balaban J connectivity index is 0.993. The largest absolute Gasteiger partial charge is 0.309 e. The summed E-state index contributed by atoms with van der Waals surface area (Å²) in [7, 11) is 0. The second kappa shape index (κ2) is 13.6. The molecule has 0 spiro atoms. The van der Waals surface area contributed by atoms with Crippen molar-refractivity contribution in [2.24, 2.45) is 0 Å². The van der Waals surface area contributed by atoms with Gasteiger partial charge in [0.15, 0.2) is 5.82 Å². The van der Waals surface area contributed by atoms with Crippen LogP contribution < -0.4 is 0 Å². The van der Waals surface area contributed by atoms with E-state index in [1.54, 1.807) is 0 Å². The Bertz CT molecular complexity index is 3920. The van der Waals surface area contributed by atoms with Gasteiger partial charge < -0.3 is 9.13 Å². The molecule has 0 N–H and O–H groups in total. The van der Waals surface area contributed by atoms with Crippen molar-refractivity contribution in [1.82, 2.24) is 19.1 Å². The summed E-state index contributed by atoms with van der Waals surface area (Å²) in [5.74, 6) is 0.690. The average Bonchev–Trinajstić information content (AvgIpc) is 3.84. The first kappa shape index (κ1) is 34.5. The van der Waals surface area contributed by atoms with Crippen LogP contribution in [0.2, 0.25) is 0 Å². The summed E-state index contributed by atoms with van der Waals surface area (Å²) >= 11 is 0. The van der Waals surface area contributed by atoms with Gasteiger partial charge >= 0.3 is 0 Å². The highest BCUT2D eigenvalue weighted by atomic mass is 15.0. The van der Waals surface area contributed by atoms with Crippen LogP contribution in [0.4, 0.5) is 0 Å². The number of nitrogens with zero attached hydrogens (tertiary/aromatic N) is 4. The molecule has 0 aliphatic heterocycles. The molecular weight excluding hydrogens is 753 g/mol.